The molecule has 5 heteroatoms. The summed E-state index contributed by atoms with van der Waals surface area (Å²) in [5.41, 5.74) is -0.963. The lowest BCUT2D eigenvalue weighted by Gasteiger charge is -2.55. The van der Waals surface area contributed by atoms with Crippen LogP contribution in [0.2, 0.25) is 0 Å². The smallest absolute Gasteiger partial charge is 0.306 e. The average Bonchev–Trinajstić information content (AvgIpc) is 3.23. The zero-order chi connectivity index (χ0) is 48.1. The second-order valence-corrected chi connectivity index (χ2v) is 20.3. The number of hydrogen-bond donors (Lipinski definition) is 1. The van der Waals surface area contributed by atoms with Crippen molar-refractivity contribution in [2.75, 3.05) is 13.6 Å². The molecule has 0 aromatic heterocycles. The van der Waals surface area contributed by atoms with Crippen molar-refractivity contribution in [1.82, 2.24) is 5.32 Å². The van der Waals surface area contributed by atoms with Gasteiger partial charge >= 0.3 is 11.9 Å². The van der Waals surface area contributed by atoms with Gasteiger partial charge in [-0.1, -0.05) is 201 Å². The van der Waals surface area contributed by atoms with Crippen LogP contribution in [0, 0.1) is 11.3 Å². The molecule has 2 rings (SSSR count). The lowest BCUT2D eigenvalue weighted by atomic mass is 9.56. The molecule has 3 unspecified atom stereocenters. The topological polar surface area (TPSA) is 64.6 Å². The molecule has 5 nitrogen and oxygen atoms in total. The fourth-order valence-corrected chi connectivity index (χ4v) is 9.36. The van der Waals surface area contributed by atoms with Crippen LogP contribution in [0.5, 0.6) is 0 Å². The molecule has 0 amide bonds. The van der Waals surface area contributed by atoms with E-state index in [1.807, 2.05) is 7.05 Å². The molecule has 1 N–H and O–H groups in total. The van der Waals surface area contributed by atoms with Crippen LogP contribution in [0.1, 0.15) is 281 Å². The van der Waals surface area contributed by atoms with Crippen LogP contribution in [0.25, 0.3) is 0 Å². The third-order valence-corrected chi connectivity index (χ3v) is 12.1. The SMILES string of the molecule is CCC.CCCCC.CCCCC/C=C\C/C=C\CCCCCCCC(=O)OC1(C)CC2CC(C)(C)CC(OC(=O)CCCCCCC/C=C\C/C=C\CCCCC)(C2)C1.CCNC. The maximum absolute atomic E-state index is 13.2. The predicted octanol–water partition coefficient (Wildman–Crippen LogP) is 18.7. The summed E-state index contributed by atoms with van der Waals surface area (Å²) in [6, 6.07) is 0. The van der Waals surface area contributed by atoms with E-state index in [4.69, 9.17) is 9.47 Å². The van der Waals surface area contributed by atoms with Crippen molar-refractivity contribution in [2.45, 2.75) is 292 Å². The number of ether oxygens (including phenoxy) is 2. The van der Waals surface area contributed by atoms with Crippen molar-refractivity contribution in [3.8, 4) is 0 Å². The van der Waals surface area contributed by atoms with Gasteiger partial charge in [-0.25, -0.2) is 0 Å². The van der Waals surface area contributed by atoms with E-state index in [1.165, 1.54) is 116 Å². The van der Waals surface area contributed by atoms with Crippen LogP contribution in [0.3, 0.4) is 0 Å². The third-order valence-electron chi connectivity index (χ3n) is 12.1. The molecule has 3 atom stereocenters. The van der Waals surface area contributed by atoms with Crippen molar-refractivity contribution in [3.63, 3.8) is 0 Å². The highest BCUT2D eigenvalue weighted by Gasteiger charge is 2.56. The number of rotatable bonds is 33. The molecule has 2 aliphatic carbocycles. The van der Waals surface area contributed by atoms with Gasteiger partial charge in [-0.15, -0.1) is 0 Å². The molecule has 0 saturated heterocycles. The Kier molecular flexibility index (Phi) is 44.6. The van der Waals surface area contributed by atoms with Gasteiger partial charge in [0.05, 0.1) is 0 Å². The summed E-state index contributed by atoms with van der Waals surface area (Å²) >= 11 is 0. The quantitative estimate of drug-likeness (QED) is 0.0404. The fourth-order valence-electron chi connectivity index (χ4n) is 9.36. The Hall–Kier alpha value is -2.14. The zero-order valence-corrected chi connectivity index (χ0v) is 44.9. The minimum atomic E-state index is -0.562. The van der Waals surface area contributed by atoms with E-state index in [0.717, 1.165) is 83.6 Å². The maximum atomic E-state index is 13.2. The number of nitrogens with one attached hydrogen (secondary N) is 1. The molecular formula is C59H111NO4. The summed E-state index contributed by atoms with van der Waals surface area (Å²) in [7, 11) is 1.93. The Morgan fingerprint density at radius 3 is 1.25 bits per heavy atom. The summed E-state index contributed by atoms with van der Waals surface area (Å²) in [5.74, 6) is 0.261. The molecule has 64 heavy (non-hydrogen) atoms. The summed E-state index contributed by atoms with van der Waals surface area (Å²) in [6.07, 6.45) is 54.8. The Morgan fingerprint density at radius 2 is 0.859 bits per heavy atom. The zero-order valence-electron chi connectivity index (χ0n) is 44.9. The molecule has 2 fully saturated rings. The lowest BCUT2D eigenvalue weighted by Crippen LogP contribution is -2.56. The van der Waals surface area contributed by atoms with Gasteiger partial charge in [-0.2, -0.15) is 0 Å². The van der Waals surface area contributed by atoms with E-state index in [2.05, 4.69) is 123 Å². The third kappa shape index (κ3) is 40.2. The fraction of sp³-hybridized carbons (Fsp3) is 0.831. The molecule has 0 heterocycles. The Bertz CT molecular complexity index is 1160. The first-order valence-electron chi connectivity index (χ1n) is 27.5. The summed E-state index contributed by atoms with van der Waals surface area (Å²) in [5, 5.41) is 2.93. The first-order valence-corrected chi connectivity index (χ1v) is 27.5. The van der Waals surface area contributed by atoms with Gasteiger partial charge in [0.25, 0.3) is 0 Å². The molecule has 376 valence electrons. The normalized spacial score (nSPS) is 20.1. The van der Waals surface area contributed by atoms with E-state index >= 15 is 0 Å². The van der Waals surface area contributed by atoms with Gasteiger partial charge in [-0.3, -0.25) is 9.59 Å². The first-order chi connectivity index (χ1) is 30.9. The van der Waals surface area contributed by atoms with Crippen LogP contribution in [-0.4, -0.2) is 36.7 Å². The number of hydrogen-bond acceptors (Lipinski definition) is 5. The molecule has 0 aromatic carbocycles. The van der Waals surface area contributed by atoms with Crippen molar-refractivity contribution in [3.05, 3.63) is 48.6 Å². The monoisotopic (exact) mass is 898 g/mol. The van der Waals surface area contributed by atoms with Gasteiger partial charge in [0, 0.05) is 19.3 Å². The van der Waals surface area contributed by atoms with E-state index in [0.29, 0.717) is 25.2 Å². The summed E-state index contributed by atoms with van der Waals surface area (Å²) in [6.45, 7) is 23.0. The number of carbonyl (C=O) groups excluding carboxylic acids is 2. The van der Waals surface area contributed by atoms with E-state index in [-0.39, 0.29) is 17.4 Å². The highest BCUT2D eigenvalue weighted by atomic mass is 16.6. The van der Waals surface area contributed by atoms with Crippen LogP contribution in [0.15, 0.2) is 48.6 Å². The minimum Gasteiger partial charge on any atom is -0.459 e. The minimum absolute atomic E-state index is 0.0668. The molecule has 0 radical (unpaired) electrons. The molecule has 0 aromatic rings. The largest absolute Gasteiger partial charge is 0.459 e. The number of allylic oxidation sites excluding steroid dienone is 8. The van der Waals surface area contributed by atoms with Crippen molar-refractivity contribution in [2.24, 2.45) is 11.3 Å². The highest BCUT2D eigenvalue weighted by molar-refractivity contribution is 5.70. The molecule has 2 bridgehead atoms. The van der Waals surface area contributed by atoms with Gasteiger partial charge < -0.3 is 14.8 Å². The number of unbranched alkanes of at least 4 members (excludes halogenated alkanes) is 18. The maximum Gasteiger partial charge on any atom is 0.306 e. The molecule has 2 aliphatic rings. The van der Waals surface area contributed by atoms with Gasteiger partial charge in [-0.05, 0) is 135 Å². The Balaban J connectivity index is 0. The summed E-state index contributed by atoms with van der Waals surface area (Å²) < 4.78 is 12.7. The van der Waals surface area contributed by atoms with Gasteiger partial charge in [0.2, 0.25) is 0 Å². The molecule has 0 spiro atoms. The van der Waals surface area contributed by atoms with Gasteiger partial charge in [0.1, 0.15) is 11.2 Å². The number of esters is 2. The number of carbonyl (C=O) groups is 2. The van der Waals surface area contributed by atoms with Crippen LogP contribution < -0.4 is 5.32 Å². The highest BCUT2D eigenvalue weighted by Crippen LogP contribution is 2.56. The van der Waals surface area contributed by atoms with Crippen molar-refractivity contribution < 1.29 is 19.1 Å². The number of fused-ring (bicyclic) bond motifs is 2. The standard InChI is InChI=1S/C48H82O4.C5H12.C3H9N.C3H8/c1-6-8-10-12-14-16-18-20-22-24-26-28-30-32-34-36-44(49)51-47(5)39-43-38-46(3,4)41-48(40-43,42-47)52-45(50)37-35-33-31-29-27-25-23-21-19-17-15-13-11-9-7-2;1-3-5-4-2;1-3-4-2;1-3-2/h14-17,20-23,43H,6-13,18-19,24-42H2,1-5H3;3-5H2,1-2H3;4H,3H2,1-2H3;3H2,1-2H3/b16-14-,17-15-,22-20-,23-21-;;;. The van der Waals surface area contributed by atoms with Gasteiger partial charge in [0.15, 0.2) is 0 Å². The second-order valence-electron chi connectivity index (χ2n) is 20.3. The van der Waals surface area contributed by atoms with Crippen LogP contribution in [0.4, 0.5) is 0 Å². The molecular weight excluding hydrogens is 787 g/mol. The predicted molar refractivity (Wildman–Crippen MR) is 283 cm³/mol. The average molecular weight is 899 g/mol. The van der Waals surface area contributed by atoms with Crippen molar-refractivity contribution >= 4 is 11.9 Å². The van der Waals surface area contributed by atoms with E-state index in [9.17, 15) is 9.59 Å². The van der Waals surface area contributed by atoms with E-state index in [1.54, 1.807) is 0 Å². The molecule has 0 aliphatic heterocycles. The first kappa shape index (κ1) is 63.9. The van der Waals surface area contributed by atoms with Crippen LogP contribution in [-0.2, 0) is 19.1 Å². The Morgan fingerprint density at radius 1 is 0.484 bits per heavy atom. The van der Waals surface area contributed by atoms with Crippen LogP contribution >= 0.6 is 0 Å². The molecule has 2 saturated carbocycles. The lowest BCUT2D eigenvalue weighted by molar-refractivity contribution is -0.207. The Labute approximate surface area is 400 Å². The van der Waals surface area contributed by atoms with Crippen molar-refractivity contribution in [1.29, 1.82) is 0 Å². The second kappa shape index (κ2) is 44.7. The summed E-state index contributed by atoms with van der Waals surface area (Å²) in [4.78, 5) is 26.2. The van der Waals surface area contributed by atoms with E-state index < -0.39 is 11.2 Å².